The molecule has 0 radical (unpaired) electrons. The van der Waals surface area contributed by atoms with E-state index in [-0.39, 0.29) is 11.4 Å². The molecule has 0 aliphatic carbocycles. The van der Waals surface area contributed by atoms with Crippen molar-refractivity contribution in [3.63, 3.8) is 0 Å². The molecule has 0 aromatic heterocycles. The zero-order valence-corrected chi connectivity index (χ0v) is 14.4. The van der Waals surface area contributed by atoms with Gasteiger partial charge in [-0.15, -0.1) is 0 Å². The van der Waals surface area contributed by atoms with Gasteiger partial charge in [0.15, 0.2) is 5.70 Å². The maximum absolute atomic E-state index is 12.5. The molecule has 8 heteroatoms. The van der Waals surface area contributed by atoms with E-state index >= 15 is 0 Å². The Labute approximate surface area is 155 Å². The predicted molar refractivity (Wildman–Crippen MR) is 95.7 cm³/mol. The maximum atomic E-state index is 12.5. The minimum Gasteiger partial charge on any atom is -0.494 e. The fraction of sp³-hybridized carbons (Fsp3) is 0.211. The van der Waals surface area contributed by atoms with E-state index in [0.29, 0.717) is 30.8 Å². The topological polar surface area (TPSA) is 97.1 Å². The number of halogens is 3. The highest BCUT2D eigenvalue weighted by molar-refractivity contribution is 5.69. The number of hydrazine groups is 1. The molecule has 27 heavy (non-hydrogen) atoms. The van der Waals surface area contributed by atoms with Crippen molar-refractivity contribution >= 4 is 5.70 Å². The van der Waals surface area contributed by atoms with Gasteiger partial charge in [-0.1, -0.05) is 24.3 Å². The number of aryl methyl sites for hydroxylation is 1. The quantitative estimate of drug-likeness (QED) is 0.298. The Kier molecular flexibility index (Phi) is 6.68. The highest BCUT2D eigenvalue weighted by Crippen LogP contribution is 2.29. The number of allylic oxidation sites excluding steroid dienone is 1. The molecule has 2 rings (SSSR count). The van der Waals surface area contributed by atoms with Crippen molar-refractivity contribution in [2.24, 2.45) is 11.6 Å². The molecular formula is C19H19F3N4O. The van der Waals surface area contributed by atoms with Crippen LogP contribution in [0.3, 0.4) is 0 Å². The number of nitrogens with two attached hydrogens (primary N) is 2. The average Bonchev–Trinajstić information content (AvgIpc) is 2.66. The van der Waals surface area contributed by atoms with Crippen LogP contribution in [0.4, 0.5) is 13.2 Å². The Bertz CT molecular complexity index is 839. The van der Waals surface area contributed by atoms with E-state index in [1.807, 2.05) is 6.07 Å². The summed E-state index contributed by atoms with van der Waals surface area (Å²) in [6.07, 6.45) is -3.10. The first-order valence-corrected chi connectivity index (χ1v) is 8.11. The third kappa shape index (κ3) is 5.66. The van der Waals surface area contributed by atoms with Gasteiger partial charge in [0.2, 0.25) is 0 Å². The maximum Gasteiger partial charge on any atom is 0.416 e. The molecule has 5 nitrogen and oxygen atoms in total. The summed E-state index contributed by atoms with van der Waals surface area (Å²) in [5.74, 6) is 5.81. The highest BCUT2D eigenvalue weighted by atomic mass is 19.4. The number of benzene rings is 2. The fourth-order valence-electron chi connectivity index (χ4n) is 2.39. The van der Waals surface area contributed by atoms with Gasteiger partial charge in [0.05, 0.1) is 17.9 Å². The SMILES string of the molecule is N#C/C(NN)=C(/N)c1cccc(OCCCc2ccc(C(F)(F)F)cc2)c1. The van der Waals surface area contributed by atoms with Gasteiger partial charge in [-0.3, -0.25) is 0 Å². The number of rotatable bonds is 7. The number of hydrogen-bond donors (Lipinski definition) is 3. The molecule has 2 aromatic rings. The molecule has 0 atom stereocenters. The number of nitrogens with one attached hydrogen (secondary N) is 1. The van der Waals surface area contributed by atoms with Crippen molar-refractivity contribution in [2.75, 3.05) is 6.61 Å². The standard InChI is InChI=1S/C19H19F3N4O/c20-19(21,22)15-8-6-13(7-9-15)3-2-10-27-16-5-1-4-14(11-16)18(24)17(12-23)26-25/h1,4-9,11,26H,2-3,10,24-25H2/b18-17-. The van der Waals surface area contributed by atoms with Crippen molar-refractivity contribution in [1.82, 2.24) is 5.43 Å². The van der Waals surface area contributed by atoms with Gasteiger partial charge >= 0.3 is 6.18 Å². The first kappa shape index (κ1) is 20.1. The van der Waals surface area contributed by atoms with E-state index in [1.54, 1.807) is 24.3 Å². The van der Waals surface area contributed by atoms with Crippen LogP contribution >= 0.6 is 0 Å². The molecule has 0 heterocycles. The Morgan fingerprint density at radius 3 is 2.44 bits per heavy atom. The molecule has 0 aliphatic rings. The summed E-state index contributed by atoms with van der Waals surface area (Å²) >= 11 is 0. The molecule has 2 aromatic carbocycles. The fourth-order valence-corrected chi connectivity index (χ4v) is 2.39. The lowest BCUT2D eigenvalue weighted by atomic mass is 10.1. The smallest absolute Gasteiger partial charge is 0.416 e. The summed E-state index contributed by atoms with van der Waals surface area (Å²) in [5, 5.41) is 8.95. The van der Waals surface area contributed by atoms with E-state index in [2.05, 4.69) is 5.43 Å². The van der Waals surface area contributed by atoms with Crippen LogP contribution in [0.1, 0.15) is 23.1 Å². The number of ether oxygens (including phenoxy) is 1. The van der Waals surface area contributed by atoms with Crippen LogP contribution in [0.25, 0.3) is 5.70 Å². The Hall–Kier alpha value is -3.18. The molecule has 0 fully saturated rings. The Morgan fingerprint density at radius 2 is 1.85 bits per heavy atom. The lowest BCUT2D eigenvalue weighted by Gasteiger charge is -2.10. The van der Waals surface area contributed by atoms with Crippen LogP contribution < -0.4 is 21.7 Å². The van der Waals surface area contributed by atoms with E-state index < -0.39 is 11.7 Å². The normalized spacial score (nSPS) is 12.1. The minimum absolute atomic E-state index is 0.0504. The summed E-state index contributed by atoms with van der Waals surface area (Å²) in [7, 11) is 0. The van der Waals surface area contributed by atoms with Crippen LogP contribution in [0.15, 0.2) is 54.2 Å². The molecule has 5 N–H and O–H groups in total. The van der Waals surface area contributed by atoms with Crippen LogP contribution in [-0.4, -0.2) is 6.61 Å². The number of hydrogen-bond acceptors (Lipinski definition) is 5. The minimum atomic E-state index is -4.33. The van der Waals surface area contributed by atoms with Gasteiger partial charge in [-0.25, -0.2) is 5.84 Å². The second kappa shape index (κ2) is 8.96. The van der Waals surface area contributed by atoms with Crippen molar-refractivity contribution in [2.45, 2.75) is 19.0 Å². The van der Waals surface area contributed by atoms with Gasteiger partial charge in [-0.2, -0.15) is 18.4 Å². The zero-order chi connectivity index (χ0) is 19.9. The summed E-state index contributed by atoms with van der Waals surface area (Å²) in [4.78, 5) is 0. The second-order valence-corrected chi connectivity index (χ2v) is 5.72. The van der Waals surface area contributed by atoms with E-state index in [1.165, 1.54) is 12.1 Å². The molecule has 0 saturated heterocycles. The van der Waals surface area contributed by atoms with Crippen molar-refractivity contribution < 1.29 is 17.9 Å². The highest BCUT2D eigenvalue weighted by Gasteiger charge is 2.29. The molecule has 0 aliphatic heterocycles. The molecule has 0 unspecified atom stereocenters. The summed E-state index contributed by atoms with van der Waals surface area (Å²) < 4.78 is 43.3. The molecule has 0 saturated carbocycles. The number of alkyl halides is 3. The Morgan fingerprint density at radius 1 is 1.15 bits per heavy atom. The lowest BCUT2D eigenvalue weighted by Crippen LogP contribution is -2.23. The van der Waals surface area contributed by atoms with Crippen LogP contribution in [0.2, 0.25) is 0 Å². The molecule has 0 spiro atoms. The Balaban J connectivity index is 1.90. The first-order valence-electron chi connectivity index (χ1n) is 8.11. The van der Waals surface area contributed by atoms with Crippen LogP contribution in [-0.2, 0) is 12.6 Å². The van der Waals surface area contributed by atoms with Gasteiger partial charge in [0, 0.05) is 5.56 Å². The van der Waals surface area contributed by atoms with Gasteiger partial charge in [-0.05, 0) is 42.7 Å². The van der Waals surface area contributed by atoms with Gasteiger partial charge in [0.25, 0.3) is 0 Å². The van der Waals surface area contributed by atoms with E-state index in [9.17, 15) is 13.2 Å². The summed E-state index contributed by atoms with van der Waals surface area (Å²) in [6.45, 7) is 0.383. The van der Waals surface area contributed by atoms with Crippen LogP contribution in [0, 0.1) is 11.3 Å². The van der Waals surface area contributed by atoms with Gasteiger partial charge in [0.1, 0.15) is 11.8 Å². The third-order valence-corrected chi connectivity index (χ3v) is 3.83. The average molecular weight is 376 g/mol. The van der Waals surface area contributed by atoms with Crippen molar-refractivity contribution in [3.8, 4) is 11.8 Å². The van der Waals surface area contributed by atoms with Crippen molar-refractivity contribution in [1.29, 1.82) is 5.26 Å². The number of nitrogens with zero attached hydrogens (tertiary/aromatic N) is 1. The first-order chi connectivity index (χ1) is 12.8. The van der Waals surface area contributed by atoms with Gasteiger partial charge < -0.3 is 15.9 Å². The third-order valence-electron chi connectivity index (χ3n) is 3.83. The molecule has 0 bridgehead atoms. The van der Waals surface area contributed by atoms with Crippen LogP contribution in [0.5, 0.6) is 5.75 Å². The summed E-state index contributed by atoms with van der Waals surface area (Å²) in [6, 6.07) is 13.8. The largest absolute Gasteiger partial charge is 0.494 e. The summed E-state index contributed by atoms with van der Waals surface area (Å²) in [5.41, 5.74) is 9.11. The second-order valence-electron chi connectivity index (χ2n) is 5.72. The van der Waals surface area contributed by atoms with E-state index in [0.717, 1.165) is 17.7 Å². The lowest BCUT2D eigenvalue weighted by molar-refractivity contribution is -0.137. The molecule has 142 valence electrons. The van der Waals surface area contributed by atoms with Crippen molar-refractivity contribution in [3.05, 3.63) is 70.9 Å². The number of nitriles is 1. The monoisotopic (exact) mass is 376 g/mol. The predicted octanol–water partition coefficient (Wildman–Crippen LogP) is 3.33. The van der Waals surface area contributed by atoms with E-state index in [4.69, 9.17) is 21.6 Å². The zero-order valence-electron chi connectivity index (χ0n) is 14.4. The molecular weight excluding hydrogens is 357 g/mol. The molecule has 0 amide bonds.